The van der Waals surface area contributed by atoms with E-state index in [1.54, 1.807) is 0 Å². The third-order valence-corrected chi connectivity index (χ3v) is 3.90. The van der Waals surface area contributed by atoms with Crippen molar-refractivity contribution in [2.24, 2.45) is 5.73 Å². The predicted octanol–water partition coefficient (Wildman–Crippen LogP) is -1.28. The average Bonchev–Trinajstić information content (AvgIpc) is 2.63. The Morgan fingerprint density at radius 1 is 1.26 bits per heavy atom. The smallest absolute Gasteiger partial charge is 0.370 e. The number of aliphatic carboxylic acids is 1. The first kappa shape index (κ1) is 20.6. The second-order valence-corrected chi connectivity index (χ2v) is 5.87. The monoisotopic (exact) mass is 385 g/mol. The molecule has 0 saturated carbocycles. The van der Waals surface area contributed by atoms with Crippen molar-refractivity contribution in [1.82, 2.24) is 5.32 Å². The van der Waals surface area contributed by atoms with Gasteiger partial charge in [-0.05, 0) is 30.3 Å². The fourth-order valence-electron chi connectivity index (χ4n) is 2.52. The highest BCUT2D eigenvalue weighted by atomic mass is 19.1. The highest BCUT2D eigenvalue weighted by Crippen LogP contribution is 2.22. The standard InChI is InChI=1S/C16H20FN3O7/c17-7-1-3-8(4-2-7)19-16(26)20-12-9(18)5-11(15(24)25)27-14(12)13(23)10(22)6-21/h1-5,9-10,12-14,21-23H,6,18H2,(H,24,25)(H2,19,20,26)/t9-,10+,12+,13+,14+/m0/s1. The number of nitrogens with two attached hydrogens (primary N) is 1. The summed E-state index contributed by atoms with van der Waals surface area (Å²) < 4.78 is 18.1. The van der Waals surface area contributed by atoms with Gasteiger partial charge in [-0.3, -0.25) is 0 Å². The first-order valence-electron chi connectivity index (χ1n) is 7.90. The summed E-state index contributed by atoms with van der Waals surface area (Å²) in [6, 6.07) is 1.91. The van der Waals surface area contributed by atoms with E-state index in [2.05, 4.69) is 10.6 Å². The Bertz CT molecular complexity index is 712. The molecule has 27 heavy (non-hydrogen) atoms. The predicted molar refractivity (Wildman–Crippen MR) is 90.0 cm³/mol. The average molecular weight is 385 g/mol. The van der Waals surface area contributed by atoms with Gasteiger partial charge < -0.3 is 41.5 Å². The van der Waals surface area contributed by atoms with E-state index in [9.17, 15) is 24.2 Å². The Balaban J connectivity index is 2.17. The van der Waals surface area contributed by atoms with E-state index < -0.39 is 60.6 Å². The molecule has 1 aliphatic heterocycles. The quantitative estimate of drug-likeness (QED) is 0.317. The zero-order chi connectivity index (χ0) is 20.1. The first-order chi connectivity index (χ1) is 12.7. The van der Waals surface area contributed by atoms with E-state index in [0.29, 0.717) is 0 Å². The van der Waals surface area contributed by atoms with Crippen molar-refractivity contribution in [1.29, 1.82) is 0 Å². The molecule has 10 nitrogen and oxygen atoms in total. The lowest BCUT2D eigenvalue weighted by Crippen LogP contribution is -2.62. The van der Waals surface area contributed by atoms with Gasteiger partial charge in [0.05, 0.1) is 18.7 Å². The molecule has 1 aliphatic rings. The van der Waals surface area contributed by atoms with Crippen molar-refractivity contribution in [3.63, 3.8) is 0 Å². The van der Waals surface area contributed by atoms with E-state index >= 15 is 0 Å². The van der Waals surface area contributed by atoms with Gasteiger partial charge in [-0.1, -0.05) is 0 Å². The molecule has 0 saturated heterocycles. The molecule has 0 fully saturated rings. The zero-order valence-electron chi connectivity index (χ0n) is 13.9. The largest absolute Gasteiger partial charge is 0.478 e. The molecule has 148 valence electrons. The molecule has 1 aromatic rings. The topological polar surface area (TPSA) is 174 Å². The molecule has 0 aliphatic carbocycles. The van der Waals surface area contributed by atoms with Crippen molar-refractivity contribution in [2.75, 3.05) is 11.9 Å². The number of anilines is 1. The van der Waals surface area contributed by atoms with Crippen LogP contribution >= 0.6 is 0 Å². The molecule has 0 aromatic heterocycles. The number of hydrogen-bond acceptors (Lipinski definition) is 7. The summed E-state index contributed by atoms with van der Waals surface area (Å²) in [5.41, 5.74) is 6.14. The number of halogens is 1. The van der Waals surface area contributed by atoms with Crippen LogP contribution in [-0.2, 0) is 9.53 Å². The molecule has 2 rings (SSSR count). The van der Waals surface area contributed by atoms with Crippen molar-refractivity contribution in [2.45, 2.75) is 30.4 Å². The highest BCUT2D eigenvalue weighted by molar-refractivity contribution is 5.89. The molecular weight excluding hydrogens is 365 g/mol. The van der Waals surface area contributed by atoms with Crippen molar-refractivity contribution in [3.8, 4) is 0 Å². The van der Waals surface area contributed by atoms with E-state index in [1.807, 2.05) is 0 Å². The molecule has 1 heterocycles. The van der Waals surface area contributed by atoms with Crippen molar-refractivity contribution in [3.05, 3.63) is 41.9 Å². The van der Waals surface area contributed by atoms with E-state index in [4.69, 9.17) is 20.7 Å². The SMILES string of the molecule is N[C@H]1C=C(C(=O)O)O[C@@H]([C@H](O)[C@H](O)CO)[C@@H]1NC(=O)Nc1ccc(F)cc1. The number of aliphatic hydroxyl groups excluding tert-OH is 3. The maximum absolute atomic E-state index is 12.9. The molecule has 5 atom stereocenters. The maximum atomic E-state index is 12.9. The van der Waals surface area contributed by atoms with Crippen LogP contribution in [-0.4, -0.2) is 69.4 Å². The number of benzene rings is 1. The summed E-state index contributed by atoms with van der Waals surface area (Å²) >= 11 is 0. The van der Waals surface area contributed by atoms with Gasteiger partial charge in [-0.15, -0.1) is 0 Å². The van der Waals surface area contributed by atoms with Crippen LogP contribution in [0.5, 0.6) is 0 Å². The second-order valence-electron chi connectivity index (χ2n) is 5.87. The summed E-state index contributed by atoms with van der Waals surface area (Å²) in [5.74, 6) is -2.50. The van der Waals surface area contributed by atoms with Crippen LogP contribution in [0, 0.1) is 5.82 Å². The number of carbonyl (C=O) groups excluding carboxylic acids is 1. The summed E-state index contributed by atoms with van der Waals surface area (Å²) in [4.78, 5) is 23.3. The third kappa shape index (κ3) is 5.14. The van der Waals surface area contributed by atoms with Crippen molar-refractivity contribution >= 4 is 17.7 Å². The van der Waals surface area contributed by atoms with Crippen LogP contribution in [0.1, 0.15) is 0 Å². The number of carboxylic acid groups (broad SMARTS) is 1. The van der Waals surface area contributed by atoms with Gasteiger partial charge in [-0.25, -0.2) is 14.0 Å². The summed E-state index contributed by atoms with van der Waals surface area (Å²) in [7, 11) is 0. The lowest BCUT2D eigenvalue weighted by atomic mass is 9.93. The Hall–Kier alpha value is -2.73. The van der Waals surface area contributed by atoms with Gasteiger partial charge >= 0.3 is 12.0 Å². The second kappa shape index (κ2) is 8.77. The van der Waals surface area contributed by atoms with Crippen LogP contribution in [0.15, 0.2) is 36.1 Å². The van der Waals surface area contributed by atoms with Gasteiger partial charge in [0, 0.05) is 5.69 Å². The van der Waals surface area contributed by atoms with Gasteiger partial charge in [0.25, 0.3) is 0 Å². The first-order valence-corrected chi connectivity index (χ1v) is 7.90. The summed E-state index contributed by atoms with van der Waals surface area (Å²) in [6.45, 7) is -0.823. The third-order valence-electron chi connectivity index (χ3n) is 3.90. The number of rotatable bonds is 6. The zero-order valence-corrected chi connectivity index (χ0v) is 13.9. The minimum absolute atomic E-state index is 0.272. The van der Waals surface area contributed by atoms with Crippen molar-refractivity contribution < 1.29 is 39.1 Å². The molecule has 0 spiro atoms. The number of aliphatic hydroxyl groups is 3. The summed E-state index contributed by atoms with van der Waals surface area (Å²) in [5, 5.41) is 42.7. The van der Waals surface area contributed by atoms with Gasteiger partial charge in [0.1, 0.15) is 24.1 Å². The lowest BCUT2D eigenvalue weighted by Gasteiger charge is -2.38. The number of nitrogens with one attached hydrogen (secondary N) is 2. The van der Waals surface area contributed by atoms with E-state index in [0.717, 1.165) is 18.2 Å². The van der Waals surface area contributed by atoms with Crippen LogP contribution < -0.4 is 16.4 Å². The summed E-state index contributed by atoms with van der Waals surface area (Å²) in [6.07, 6.45) is -3.79. The number of carbonyl (C=O) groups is 2. The number of urea groups is 1. The van der Waals surface area contributed by atoms with E-state index in [-0.39, 0.29) is 5.69 Å². The number of carboxylic acids is 1. The lowest BCUT2D eigenvalue weighted by molar-refractivity contribution is -0.144. The molecular formula is C16H20FN3O7. The van der Waals surface area contributed by atoms with Crippen LogP contribution in [0.2, 0.25) is 0 Å². The minimum Gasteiger partial charge on any atom is -0.478 e. The number of hydrogen-bond donors (Lipinski definition) is 7. The maximum Gasteiger partial charge on any atom is 0.370 e. The normalized spacial score (nSPS) is 24.2. The minimum atomic E-state index is -1.74. The van der Waals surface area contributed by atoms with Gasteiger partial charge in [0.15, 0.2) is 0 Å². The Morgan fingerprint density at radius 3 is 2.44 bits per heavy atom. The molecule has 2 amide bonds. The van der Waals surface area contributed by atoms with Gasteiger partial charge in [-0.2, -0.15) is 0 Å². The van der Waals surface area contributed by atoms with Gasteiger partial charge in [0.2, 0.25) is 5.76 Å². The molecule has 8 N–H and O–H groups in total. The highest BCUT2D eigenvalue weighted by Gasteiger charge is 2.42. The Kier molecular flexibility index (Phi) is 6.69. The molecule has 0 radical (unpaired) electrons. The number of amides is 2. The molecule has 0 bridgehead atoms. The fraction of sp³-hybridized carbons (Fsp3) is 0.375. The molecule has 1 aromatic carbocycles. The van der Waals surface area contributed by atoms with Crippen LogP contribution in [0.4, 0.5) is 14.9 Å². The molecule has 0 unspecified atom stereocenters. The fourth-order valence-corrected chi connectivity index (χ4v) is 2.52. The van der Waals surface area contributed by atoms with E-state index in [1.165, 1.54) is 12.1 Å². The Labute approximate surface area is 153 Å². The van der Waals surface area contributed by atoms with Crippen LogP contribution in [0.25, 0.3) is 0 Å². The number of ether oxygens (including phenoxy) is 1. The van der Waals surface area contributed by atoms with Crippen LogP contribution in [0.3, 0.4) is 0 Å². The molecule has 11 heteroatoms. The Morgan fingerprint density at radius 2 is 1.89 bits per heavy atom.